The molecule has 0 spiro atoms. The molecule has 0 unspecified atom stereocenters. The second-order valence-corrected chi connectivity index (χ2v) is 4.53. The number of rotatable bonds is 4. The van der Waals surface area contributed by atoms with Gasteiger partial charge in [0, 0.05) is 12.2 Å². The fraction of sp³-hybridized carbons (Fsp3) is 0.417. The van der Waals surface area contributed by atoms with Gasteiger partial charge < -0.3 is 4.74 Å². The molecule has 0 fully saturated rings. The van der Waals surface area contributed by atoms with Crippen molar-refractivity contribution in [2.75, 3.05) is 14.1 Å². The van der Waals surface area contributed by atoms with Gasteiger partial charge in [0.15, 0.2) is 0 Å². The van der Waals surface area contributed by atoms with E-state index in [4.69, 9.17) is 0 Å². The van der Waals surface area contributed by atoms with Gasteiger partial charge in [0.05, 0.1) is 4.92 Å². The van der Waals surface area contributed by atoms with Gasteiger partial charge in [-0.25, -0.2) is 4.58 Å². The second kappa shape index (κ2) is 6.24. The first-order valence-corrected chi connectivity index (χ1v) is 5.84. The van der Waals surface area contributed by atoms with Gasteiger partial charge in [-0.05, 0) is 12.0 Å². The highest BCUT2D eigenvalue weighted by Crippen LogP contribution is 2.42. The topological polar surface area (TPSA) is 55.4 Å². The van der Waals surface area contributed by atoms with Gasteiger partial charge in [0.25, 0.3) is 5.70 Å². The lowest BCUT2D eigenvalue weighted by atomic mass is 9.98. The number of nitrogens with zero attached hydrogens (tertiary/aromatic N) is 2. The molecule has 0 saturated heterocycles. The van der Waals surface area contributed by atoms with Crippen LogP contribution in [-0.4, -0.2) is 42.3 Å². The monoisotopic (exact) mass is 327 g/mol. The van der Waals surface area contributed by atoms with Crippen LogP contribution in [-0.2, 0) is 4.74 Å². The van der Waals surface area contributed by atoms with Crippen LogP contribution >= 0.6 is 0 Å². The van der Waals surface area contributed by atoms with Crippen molar-refractivity contribution < 1.29 is 36.2 Å². The van der Waals surface area contributed by atoms with Crippen LogP contribution in [0.4, 0.5) is 22.0 Å². The van der Waals surface area contributed by atoms with E-state index in [1.54, 1.807) is 0 Å². The Kier molecular flexibility index (Phi) is 5.05. The van der Waals surface area contributed by atoms with Crippen LogP contribution in [0, 0.1) is 10.1 Å². The Hall–Kier alpha value is -2.26. The number of alkyl halides is 5. The maximum Gasteiger partial charge on any atom is 0.435 e. The molecule has 1 aliphatic rings. The van der Waals surface area contributed by atoms with Gasteiger partial charge in [-0.1, -0.05) is 6.08 Å². The zero-order valence-electron chi connectivity index (χ0n) is 11.5. The molecule has 0 aromatic rings. The van der Waals surface area contributed by atoms with Crippen molar-refractivity contribution >= 4 is 6.40 Å². The van der Waals surface area contributed by atoms with Crippen LogP contribution in [0.15, 0.2) is 35.1 Å². The Morgan fingerprint density at radius 3 is 2.36 bits per heavy atom. The lowest BCUT2D eigenvalue weighted by Gasteiger charge is -2.22. The summed E-state index contributed by atoms with van der Waals surface area (Å²) in [5, 5.41) is 10.6. The molecule has 10 heteroatoms. The van der Waals surface area contributed by atoms with E-state index in [9.17, 15) is 32.1 Å². The van der Waals surface area contributed by atoms with Crippen LogP contribution in [0.2, 0.25) is 0 Å². The molecule has 0 heterocycles. The van der Waals surface area contributed by atoms with Crippen molar-refractivity contribution in [2.45, 2.75) is 18.7 Å². The number of nitro groups is 1. The molecule has 122 valence electrons. The van der Waals surface area contributed by atoms with Gasteiger partial charge in [-0.15, -0.1) is 0 Å². The number of halogens is 5. The van der Waals surface area contributed by atoms with Crippen LogP contribution in [0.5, 0.6) is 0 Å². The Morgan fingerprint density at radius 2 is 1.91 bits per heavy atom. The number of hydrogen-bond donors (Lipinski definition) is 0. The maximum atomic E-state index is 13.8. The average molecular weight is 327 g/mol. The Balaban J connectivity index is 3.42. The summed E-state index contributed by atoms with van der Waals surface area (Å²) in [6.45, 7) is 0. The molecule has 0 aromatic carbocycles. The lowest BCUT2D eigenvalue weighted by Crippen LogP contribution is -2.35. The summed E-state index contributed by atoms with van der Waals surface area (Å²) in [7, 11) is 2.56. The third-order valence-corrected chi connectivity index (χ3v) is 2.47. The van der Waals surface area contributed by atoms with Crippen molar-refractivity contribution in [3.05, 3.63) is 45.2 Å². The predicted octanol–water partition coefficient (Wildman–Crippen LogP) is 2.88. The Bertz CT molecular complexity index is 584. The average Bonchev–Trinajstić information content (AvgIpc) is 2.35. The first-order valence-electron chi connectivity index (χ1n) is 5.84. The second-order valence-electron chi connectivity index (χ2n) is 4.53. The minimum atomic E-state index is -5.41. The van der Waals surface area contributed by atoms with Gasteiger partial charge in [-0.3, -0.25) is 10.1 Å². The SMILES string of the molecule is C[N+](C)=COC(F)(F)/C(=C1\C=C([N+](=O)[O-])C=CC1)C(F)(F)F. The van der Waals surface area contributed by atoms with Crippen LogP contribution < -0.4 is 0 Å². The highest BCUT2D eigenvalue weighted by molar-refractivity contribution is 5.44. The summed E-state index contributed by atoms with van der Waals surface area (Å²) >= 11 is 0. The standard InChI is InChI=1S/C12H12F5N2O3/c1-18(2)7-22-12(16,17)10(11(13,14)15)8-4-3-5-9(6-8)19(20)21/h3,5-7H,4H2,1-2H3/q+1/b10-8-. The molecule has 0 saturated carbocycles. The van der Waals surface area contributed by atoms with E-state index in [2.05, 4.69) is 4.74 Å². The van der Waals surface area contributed by atoms with Gasteiger partial charge in [-0.2, -0.15) is 22.0 Å². The summed E-state index contributed by atoms with van der Waals surface area (Å²) in [4.78, 5) is 9.62. The zero-order chi connectivity index (χ0) is 17.1. The highest BCUT2D eigenvalue weighted by atomic mass is 19.4. The number of allylic oxidation sites excluding steroid dienone is 4. The lowest BCUT2D eigenvalue weighted by molar-refractivity contribution is -0.472. The van der Waals surface area contributed by atoms with E-state index in [1.165, 1.54) is 14.1 Å². The molecule has 0 N–H and O–H groups in total. The molecule has 0 amide bonds. The molecule has 0 bridgehead atoms. The van der Waals surface area contributed by atoms with E-state index in [0.29, 0.717) is 12.5 Å². The fourth-order valence-corrected chi connectivity index (χ4v) is 1.64. The number of hydrogen-bond acceptors (Lipinski definition) is 3. The summed E-state index contributed by atoms with van der Waals surface area (Å²) in [5.41, 5.74) is -3.89. The van der Waals surface area contributed by atoms with E-state index in [-0.39, 0.29) is 0 Å². The maximum absolute atomic E-state index is 13.8. The van der Waals surface area contributed by atoms with Crippen molar-refractivity contribution in [2.24, 2.45) is 0 Å². The minimum absolute atomic E-state index is 0.420. The summed E-state index contributed by atoms with van der Waals surface area (Å²) in [6.07, 6.45) is -7.77. The van der Waals surface area contributed by atoms with Crippen molar-refractivity contribution in [1.82, 2.24) is 0 Å². The molecule has 1 rings (SSSR count). The third kappa shape index (κ3) is 4.37. The van der Waals surface area contributed by atoms with Gasteiger partial charge in [0.2, 0.25) is 0 Å². The molecular weight excluding hydrogens is 315 g/mol. The van der Waals surface area contributed by atoms with E-state index in [0.717, 1.165) is 16.7 Å². The largest absolute Gasteiger partial charge is 0.435 e. The molecule has 1 aliphatic carbocycles. The fourth-order valence-electron chi connectivity index (χ4n) is 1.64. The summed E-state index contributed by atoms with van der Waals surface area (Å²) in [5.74, 6) is 0. The zero-order valence-corrected chi connectivity index (χ0v) is 11.5. The molecule has 0 aromatic heterocycles. The van der Waals surface area contributed by atoms with E-state index >= 15 is 0 Å². The van der Waals surface area contributed by atoms with Crippen molar-refractivity contribution in [1.29, 1.82) is 0 Å². The normalized spacial score (nSPS) is 17.7. The Morgan fingerprint density at radius 1 is 1.32 bits per heavy atom. The highest BCUT2D eigenvalue weighted by Gasteiger charge is 2.54. The van der Waals surface area contributed by atoms with Gasteiger partial charge in [0.1, 0.15) is 19.7 Å². The first-order chi connectivity index (χ1) is 9.95. The number of ether oxygens (including phenoxy) is 1. The summed E-state index contributed by atoms with van der Waals surface area (Å²) in [6, 6.07) is 0. The molecule has 0 radical (unpaired) electrons. The van der Waals surface area contributed by atoms with Crippen LogP contribution in [0.3, 0.4) is 0 Å². The smallest absolute Gasteiger partial charge is 0.381 e. The molecule has 0 aliphatic heterocycles. The summed E-state index contributed by atoms with van der Waals surface area (Å²) < 4.78 is 71.4. The van der Waals surface area contributed by atoms with Crippen molar-refractivity contribution in [3.8, 4) is 0 Å². The molecule has 5 nitrogen and oxygen atoms in total. The Labute approximate surface area is 121 Å². The predicted molar refractivity (Wildman–Crippen MR) is 66.1 cm³/mol. The molecular formula is C12H12F5N2O3+. The first kappa shape index (κ1) is 17.8. The van der Waals surface area contributed by atoms with Gasteiger partial charge >= 0.3 is 18.7 Å². The van der Waals surface area contributed by atoms with E-state index in [1.807, 2.05) is 0 Å². The third-order valence-electron chi connectivity index (χ3n) is 2.47. The van der Waals surface area contributed by atoms with Crippen LogP contribution in [0.1, 0.15) is 6.42 Å². The van der Waals surface area contributed by atoms with Crippen LogP contribution in [0.25, 0.3) is 0 Å². The van der Waals surface area contributed by atoms with Crippen molar-refractivity contribution in [3.63, 3.8) is 0 Å². The van der Waals surface area contributed by atoms with E-state index < -0.39 is 40.5 Å². The minimum Gasteiger partial charge on any atom is -0.381 e. The molecule has 22 heavy (non-hydrogen) atoms. The quantitative estimate of drug-likeness (QED) is 0.199. The molecule has 0 atom stereocenters.